The third kappa shape index (κ3) is 3.44. The Bertz CT molecular complexity index is 762. The minimum Gasteiger partial charge on any atom is -0.369 e. The molecule has 1 saturated heterocycles. The molecule has 134 valence electrons. The van der Waals surface area contributed by atoms with Gasteiger partial charge in [0.15, 0.2) is 0 Å². The van der Waals surface area contributed by atoms with Crippen molar-refractivity contribution in [2.24, 2.45) is 0 Å². The van der Waals surface area contributed by atoms with Gasteiger partial charge >= 0.3 is 0 Å². The normalized spacial score (nSPS) is 15.4. The van der Waals surface area contributed by atoms with Gasteiger partial charge in [-0.25, -0.2) is 0 Å². The molecule has 4 heteroatoms. The number of anilines is 1. The molecule has 3 rings (SSSR count). The molecule has 2 heterocycles. The van der Waals surface area contributed by atoms with Gasteiger partial charge in [0.25, 0.3) is 5.91 Å². The summed E-state index contributed by atoms with van der Waals surface area (Å²) in [6, 6.07) is 10.6. The second kappa shape index (κ2) is 7.34. The van der Waals surface area contributed by atoms with Gasteiger partial charge < -0.3 is 14.4 Å². The van der Waals surface area contributed by atoms with Gasteiger partial charge in [-0.3, -0.25) is 4.79 Å². The highest BCUT2D eigenvalue weighted by molar-refractivity contribution is 5.95. The lowest BCUT2D eigenvalue weighted by molar-refractivity contribution is 0.0766. The predicted molar refractivity (Wildman–Crippen MR) is 103 cm³/mol. The molecule has 0 aliphatic carbocycles. The lowest BCUT2D eigenvalue weighted by Crippen LogP contribution is -2.35. The fraction of sp³-hybridized carbons (Fsp3) is 0.476. The Balaban J connectivity index is 1.75. The quantitative estimate of drug-likeness (QED) is 0.851. The molecule has 0 N–H and O–H groups in total. The van der Waals surface area contributed by atoms with Crippen molar-refractivity contribution in [2.45, 2.75) is 40.7 Å². The van der Waals surface area contributed by atoms with Crippen molar-refractivity contribution in [3.8, 4) is 0 Å². The summed E-state index contributed by atoms with van der Waals surface area (Å²) in [5.74, 6) is 0.180. The van der Waals surface area contributed by atoms with Gasteiger partial charge in [-0.1, -0.05) is 18.2 Å². The molecule has 1 aliphatic heterocycles. The third-order valence-corrected chi connectivity index (χ3v) is 5.36. The Kier molecular flexibility index (Phi) is 5.16. The van der Waals surface area contributed by atoms with Crippen LogP contribution in [0.5, 0.6) is 0 Å². The Labute approximate surface area is 151 Å². The molecule has 0 radical (unpaired) electrons. The summed E-state index contributed by atoms with van der Waals surface area (Å²) in [6.45, 7) is 12.8. The number of hydrogen-bond acceptors (Lipinski definition) is 2. The van der Waals surface area contributed by atoms with Gasteiger partial charge in [0.2, 0.25) is 0 Å². The highest BCUT2D eigenvalue weighted by atomic mass is 16.2. The minimum atomic E-state index is 0.180. The number of amides is 1. The number of hydrogen-bond donors (Lipinski definition) is 0. The second-order valence-electron chi connectivity index (χ2n) is 6.95. The highest BCUT2D eigenvalue weighted by Gasteiger charge is 2.24. The van der Waals surface area contributed by atoms with Crippen LogP contribution in [0.1, 0.15) is 40.7 Å². The molecule has 0 unspecified atom stereocenters. The van der Waals surface area contributed by atoms with Crippen LogP contribution in [0.3, 0.4) is 0 Å². The average molecular weight is 339 g/mol. The minimum absolute atomic E-state index is 0.180. The molecule has 2 aromatic rings. The van der Waals surface area contributed by atoms with Crippen LogP contribution in [0.25, 0.3) is 0 Å². The highest BCUT2D eigenvalue weighted by Crippen LogP contribution is 2.22. The van der Waals surface area contributed by atoms with Crippen LogP contribution in [-0.2, 0) is 6.54 Å². The van der Waals surface area contributed by atoms with E-state index in [9.17, 15) is 4.79 Å². The standard InChI is InChI=1S/C21H29N3O/c1-5-24-17(3)15-19(18(24)4)21(25)23-12-8-11-22(13-14-23)20-10-7-6-9-16(20)2/h6-7,9-10,15H,5,8,11-14H2,1-4H3. The Morgan fingerprint density at radius 2 is 1.80 bits per heavy atom. The summed E-state index contributed by atoms with van der Waals surface area (Å²) >= 11 is 0. The van der Waals surface area contributed by atoms with Gasteiger partial charge in [0.05, 0.1) is 5.56 Å². The number of nitrogens with zero attached hydrogens (tertiary/aromatic N) is 3. The van der Waals surface area contributed by atoms with Crippen LogP contribution in [0.15, 0.2) is 30.3 Å². The zero-order valence-electron chi connectivity index (χ0n) is 15.9. The van der Waals surface area contributed by atoms with E-state index in [2.05, 4.69) is 61.4 Å². The second-order valence-corrected chi connectivity index (χ2v) is 6.95. The fourth-order valence-corrected chi connectivity index (χ4v) is 3.95. The van der Waals surface area contributed by atoms with Crippen LogP contribution >= 0.6 is 0 Å². The summed E-state index contributed by atoms with van der Waals surface area (Å²) in [6.07, 6.45) is 1.01. The first-order chi connectivity index (χ1) is 12.0. The maximum absolute atomic E-state index is 13.1. The summed E-state index contributed by atoms with van der Waals surface area (Å²) in [7, 11) is 0. The maximum atomic E-state index is 13.1. The molecule has 1 aromatic heterocycles. The zero-order valence-corrected chi connectivity index (χ0v) is 15.9. The van der Waals surface area contributed by atoms with Crippen molar-refractivity contribution < 1.29 is 4.79 Å². The van der Waals surface area contributed by atoms with Gasteiger partial charge in [-0.05, 0) is 51.8 Å². The van der Waals surface area contributed by atoms with Crippen LogP contribution in [-0.4, -0.2) is 41.6 Å². The zero-order chi connectivity index (χ0) is 18.0. The first-order valence-electron chi connectivity index (χ1n) is 9.29. The van der Waals surface area contributed by atoms with Gasteiger partial charge in [-0.15, -0.1) is 0 Å². The molecule has 0 spiro atoms. The average Bonchev–Trinajstić information content (AvgIpc) is 2.78. The Hall–Kier alpha value is -2.23. The number of carbonyl (C=O) groups excluding carboxylic acids is 1. The van der Waals surface area contributed by atoms with E-state index in [4.69, 9.17) is 0 Å². The lowest BCUT2D eigenvalue weighted by atomic mass is 10.2. The summed E-state index contributed by atoms with van der Waals surface area (Å²) < 4.78 is 2.21. The molecule has 4 nitrogen and oxygen atoms in total. The number of benzene rings is 1. The van der Waals surface area contributed by atoms with Crippen molar-refractivity contribution in [1.82, 2.24) is 9.47 Å². The predicted octanol–water partition coefficient (Wildman–Crippen LogP) is 3.79. The van der Waals surface area contributed by atoms with Crippen molar-refractivity contribution in [3.05, 3.63) is 52.8 Å². The van der Waals surface area contributed by atoms with E-state index in [0.717, 1.165) is 50.4 Å². The van der Waals surface area contributed by atoms with Gasteiger partial charge in [-0.2, -0.15) is 0 Å². The topological polar surface area (TPSA) is 28.5 Å². The number of carbonyl (C=O) groups is 1. The van der Waals surface area contributed by atoms with E-state index >= 15 is 0 Å². The van der Waals surface area contributed by atoms with E-state index in [-0.39, 0.29) is 5.91 Å². The summed E-state index contributed by atoms with van der Waals surface area (Å²) in [5.41, 5.74) is 5.71. The monoisotopic (exact) mass is 339 g/mol. The fourth-order valence-electron chi connectivity index (χ4n) is 3.95. The molecule has 0 saturated carbocycles. The van der Waals surface area contributed by atoms with E-state index < -0.39 is 0 Å². The molecule has 1 fully saturated rings. The molecule has 25 heavy (non-hydrogen) atoms. The SMILES string of the molecule is CCn1c(C)cc(C(=O)N2CCCN(c3ccccc3C)CC2)c1C. The molecule has 1 aliphatic rings. The van der Waals surface area contributed by atoms with Crippen molar-refractivity contribution in [1.29, 1.82) is 0 Å². The van der Waals surface area contributed by atoms with Crippen molar-refractivity contribution in [2.75, 3.05) is 31.1 Å². The van der Waals surface area contributed by atoms with E-state index in [1.165, 1.54) is 16.9 Å². The smallest absolute Gasteiger partial charge is 0.255 e. The molecular formula is C21H29N3O. The molecule has 0 atom stereocenters. The van der Waals surface area contributed by atoms with Crippen molar-refractivity contribution in [3.63, 3.8) is 0 Å². The molecular weight excluding hydrogens is 310 g/mol. The van der Waals surface area contributed by atoms with Crippen molar-refractivity contribution >= 4 is 11.6 Å². The van der Waals surface area contributed by atoms with E-state index in [1.807, 2.05) is 11.0 Å². The largest absolute Gasteiger partial charge is 0.369 e. The van der Waals surface area contributed by atoms with Crippen LogP contribution in [0.4, 0.5) is 5.69 Å². The first-order valence-corrected chi connectivity index (χ1v) is 9.29. The van der Waals surface area contributed by atoms with Crippen LogP contribution < -0.4 is 4.90 Å². The van der Waals surface area contributed by atoms with E-state index in [1.54, 1.807) is 0 Å². The van der Waals surface area contributed by atoms with E-state index in [0.29, 0.717) is 0 Å². The molecule has 1 aromatic carbocycles. The molecule has 0 bridgehead atoms. The number of para-hydroxylation sites is 1. The van der Waals surface area contributed by atoms with Crippen LogP contribution in [0, 0.1) is 20.8 Å². The number of rotatable bonds is 3. The lowest BCUT2D eigenvalue weighted by Gasteiger charge is -2.25. The Morgan fingerprint density at radius 1 is 1.04 bits per heavy atom. The third-order valence-electron chi connectivity index (χ3n) is 5.36. The maximum Gasteiger partial charge on any atom is 0.255 e. The number of aromatic nitrogens is 1. The van der Waals surface area contributed by atoms with Gasteiger partial charge in [0, 0.05) is 49.8 Å². The van der Waals surface area contributed by atoms with Crippen LogP contribution in [0.2, 0.25) is 0 Å². The summed E-state index contributed by atoms with van der Waals surface area (Å²) in [4.78, 5) is 17.5. The molecule has 1 amide bonds. The summed E-state index contributed by atoms with van der Waals surface area (Å²) in [5, 5.41) is 0. The first kappa shape index (κ1) is 17.6. The number of aryl methyl sites for hydroxylation is 2. The Morgan fingerprint density at radius 3 is 2.48 bits per heavy atom. The van der Waals surface area contributed by atoms with Gasteiger partial charge in [0.1, 0.15) is 0 Å².